The number of piperazine rings is 1. The monoisotopic (exact) mass is 212 g/mol. The van der Waals surface area contributed by atoms with E-state index < -0.39 is 0 Å². The first-order chi connectivity index (χ1) is 4.30. The molecule has 0 unspecified atom stereocenters. The Hall–Kier alpha value is 1.73. The van der Waals surface area contributed by atoms with Gasteiger partial charge in [0, 0.05) is 6.04 Å². The van der Waals surface area contributed by atoms with Gasteiger partial charge in [0.25, 0.3) is 0 Å². The second kappa shape index (κ2) is 6.26. The molecule has 0 amide bonds. The Kier molecular flexibility index (Phi) is 7.35. The van der Waals surface area contributed by atoms with Crippen LogP contribution in [-0.2, 0) is 0 Å². The molecule has 2 nitrogen and oxygen atoms in total. The second-order valence-electron chi connectivity index (χ2n) is 2.80. The summed E-state index contributed by atoms with van der Waals surface area (Å²) in [5.41, 5.74) is 0. The number of rotatable bonds is 1. The van der Waals surface area contributed by atoms with E-state index in [2.05, 4.69) is 24.1 Å². The molecule has 1 rings (SSSR count). The predicted molar refractivity (Wildman–Crippen MR) is 39.8 cm³/mol. The molecule has 1 saturated heterocycles. The van der Waals surface area contributed by atoms with Gasteiger partial charge in [-0.3, -0.25) is 0 Å². The molecule has 54 valence electrons. The summed E-state index contributed by atoms with van der Waals surface area (Å²) in [4.78, 5) is 2.47. The van der Waals surface area contributed by atoms with E-state index in [-0.39, 0.29) is 58.2 Å². The van der Waals surface area contributed by atoms with Gasteiger partial charge in [-0.2, -0.15) is 0 Å². The van der Waals surface area contributed by atoms with Gasteiger partial charge in [0.15, 0.2) is 0 Å². The molecule has 0 aromatic carbocycles. The minimum absolute atomic E-state index is 0. The van der Waals surface area contributed by atoms with Gasteiger partial charge in [-0.25, -0.2) is 0 Å². The Balaban J connectivity index is 0.000000810. The van der Waals surface area contributed by atoms with Crippen molar-refractivity contribution < 1.29 is 58.2 Å². The molecular weight excluding hydrogens is 198 g/mol. The van der Waals surface area contributed by atoms with Crippen LogP contribution in [0.1, 0.15) is 13.8 Å². The van der Waals surface area contributed by atoms with Gasteiger partial charge in [0.1, 0.15) is 0 Å². The third-order valence-corrected chi connectivity index (χ3v) is 1.82. The Morgan fingerprint density at radius 2 is 1.70 bits per heavy atom. The van der Waals surface area contributed by atoms with Crippen molar-refractivity contribution >= 4 is 0 Å². The molecule has 0 N–H and O–H groups in total. The summed E-state index contributed by atoms with van der Waals surface area (Å²) in [7, 11) is 0. The Morgan fingerprint density at radius 3 is 2.00 bits per heavy atom. The van der Waals surface area contributed by atoms with Crippen molar-refractivity contribution in [1.29, 1.82) is 0 Å². The van der Waals surface area contributed by atoms with Gasteiger partial charge in [-0.15, -0.1) is 13.1 Å². The van der Waals surface area contributed by atoms with E-state index in [1.807, 2.05) is 0 Å². The van der Waals surface area contributed by atoms with Crippen LogP contribution in [0.15, 0.2) is 0 Å². The van der Waals surface area contributed by atoms with Crippen molar-refractivity contribution in [1.82, 2.24) is 4.90 Å². The molecule has 3 heteroatoms. The van der Waals surface area contributed by atoms with Crippen LogP contribution < -0.4 is 58.2 Å². The van der Waals surface area contributed by atoms with Gasteiger partial charge < -0.3 is 10.2 Å². The van der Waals surface area contributed by atoms with Crippen molar-refractivity contribution in [3.05, 3.63) is 5.32 Å². The topological polar surface area (TPSA) is 17.3 Å². The summed E-state index contributed by atoms with van der Waals surface area (Å²) in [5, 5.41) is 4.27. The SMILES string of the molecule is CC(C)N1CC[N-]CC1.[Rb+]. The van der Waals surface area contributed by atoms with E-state index in [1.54, 1.807) is 0 Å². The number of hydrogen-bond acceptors (Lipinski definition) is 1. The molecule has 1 fully saturated rings. The molecule has 0 radical (unpaired) electrons. The van der Waals surface area contributed by atoms with E-state index in [9.17, 15) is 0 Å². The summed E-state index contributed by atoms with van der Waals surface area (Å²) >= 11 is 0. The van der Waals surface area contributed by atoms with Gasteiger partial charge in [-0.1, -0.05) is 0 Å². The predicted octanol–water partition coefficient (Wildman–Crippen LogP) is -1.91. The van der Waals surface area contributed by atoms with Crippen molar-refractivity contribution in [3.8, 4) is 0 Å². The molecule has 0 bridgehead atoms. The molecule has 1 heterocycles. The normalized spacial score (nSPS) is 20.7. The van der Waals surface area contributed by atoms with Crippen LogP contribution in [0, 0.1) is 0 Å². The fourth-order valence-corrected chi connectivity index (χ4v) is 1.14. The molecule has 0 aliphatic carbocycles. The van der Waals surface area contributed by atoms with E-state index in [0.29, 0.717) is 6.04 Å². The number of hydrogen-bond donors (Lipinski definition) is 0. The van der Waals surface area contributed by atoms with Gasteiger partial charge in [0.2, 0.25) is 0 Å². The fraction of sp³-hybridized carbons (Fsp3) is 1.00. The van der Waals surface area contributed by atoms with Crippen molar-refractivity contribution in [3.63, 3.8) is 0 Å². The molecule has 0 atom stereocenters. The molecule has 1 aliphatic rings. The van der Waals surface area contributed by atoms with Crippen LogP contribution >= 0.6 is 0 Å². The molecule has 10 heavy (non-hydrogen) atoms. The Bertz CT molecular complexity index is 79.7. The van der Waals surface area contributed by atoms with Crippen molar-refractivity contribution in [2.24, 2.45) is 0 Å². The van der Waals surface area contributed by atoms with Crippen LogP contribution in [0.3, 0.4) is 0 Å². The van der Waals surface area contributed by atoms with Crippen molar-refractivity contribution in [2.75, 3.05) is 26.2 Å². The maximum atomic E-state index is 4.27. The maximum absolute atomic E-state index is 4.27. The first-order valence-corrected chi connectivity index (χ1v) is 3.68. The summed E-state index contributed by atoms with van der Waals surface area (Å²) in [6.07, 6.45) is 0. The number of nitrogens with zero attached hydrogens (tertiary/aromatic N) is 2. The third kappa shape index (κ3) is 3.93. The van der Waals surface area contributed by atoms with Crippen LogP contribution in [0.25, 0.3) is 5.32 Å². The first-order valence-electron chi connectivity index (χ1n) is 3.68. The van der Waals surface area contributed by atoms with Crippen LogP contribution in [0.2, 0.25) is 0 Å². The van der Waals surface area contributed by atoms with E-state index in [4.69, 9.17) is 0 Å². The average molecular weight is 213 g/mol. The molecule has 1 aliphatic heterocycles. The molecule has 0 spiro atoms. The summed E-state index contributed by atoms with van der Waals surface area (Å²) in [6, 6.07) is 0.709. The zero-order chi connectivity index (χ0) is 6.69. The van der Waals surface area contributed by atoms with Crippen LogP contribution in [0.5, 0.6) is 0 Å². The first kappa shape index (κ1) is 11.7. The summed E-state index contributed by atoms with van der Waals surface area (Å²) < 4.78 is 0. The van der Waals surface area contributed by atoms with Crippen LogP contribution in [0.4, 0.5) is 0 Å². The molecule has 0 aromatic heterocycles. The zero-order valence-electron chi connectivity index (χ0n) is 7.30. The molecule has 0 aromatic rings. The summed E-state index contributed by atoms with van der Waals surface area (Å²) in [5.74, 6) is 0. The third-order valence-electron chi connectivity index (χ3n) is 1.82. The molecule has 0 saturated carbocycles. The Morgan fingerprint density at radius 1 is 1.20 bits per heavy atom. The smallest absolute Gasteiger partial charge is 0.660 e. The van der Waals surface area contributed by atoms with E-state index in [0.717, 1.165) is 26.2 Å². The van der Waals surface area contributed by atoms with E-state index in [1.165, 1.54) is 0 Å². The van der Waals surface area contributed by atoms with Gasteiger partial charge >= 0.3 is 58.2 Å². The zero-order valence-corrected chi connectivity index (χ0v) is 12.2. The minimum atomic E-state index is 0. The van der Waals surface area contributed by atoms with Crippen LogP contribution in [-0.4, -0.2) is 37.1 Å². The van der Waals surface area contributed by atoms with Gasteiger partial charge in [0.05, 0.1) is 0 Å². The standard InChI is InChI=1S/C7H15N2.Rb/c1-7(2)9-5-3-8-4-6-9;/h7H,3-6H2,1-2H3;/q-1;+1. The Labute approximate surface area is 113 Å². The van der Waals surface area contributed by atoms with E-state index >= 15 is 0 Å². The fourth-order valence-electron chi connectivity index (χ4n) is 1.14. The summed E-state index contributed by atoms with van der Waals surface area (Å²) in [6.45, 7) is 8.89. The second-order valence-corrected chi connectivity index (χ2v) is 2.80. The van der Waals surface area contributed by atoms with Crippen molar-refractivity contribution in [2.45, 2.75) is 19.9 Å². The maximum Gasteiger partial charge on any atom is 1.00 e. The largest absolute Gasteiger partial charge is 1.00 e. The van der Waals surface area contributed by atoms with Gasteiger partial charge in [-0.05, 0) is 26.9 Å². The quantitative estimate of drug-likeness (QED) is 0.496. The molecular formula is C7H15N2Rb. The average Bonchev–Trinajstić information content (AvgIpc) is 1.90. The minimum Gasteiger partial charge on any atom is -0.660 e.